The van der Waals surface area contributed by atoms with E-state index in [2.05, 4.69) is 22.9 Å². The highest BCUT2D eigenvalue weighted by molar-refractivity contribution is 7.80. The number of halogens is 3. The second kappa shape index (κ2) is 9.55. The monoisotopic (exact) mass is 528 g/mol. The number of hydrogen-bond acceptors (Lipinski definition) is 5. The number of aromatic nitrogens is 1. The summed E-state index contributed by atoms with van der Waals surface area (Å²) in [6.07, 6.45) is -3.12. The molecule has 0 aliphatic carbocycles. The van der Waals surface area contributed by atoms with Crippen LogP contribution >= 0.6 is 12.6 Å². The van der Waals surface area contributed by atoms with Gasteiger partial charge in [0.05, 0.1) is 11.3 Å². The summed E-state index contributed by atoms with van der Waals surface area (Å²) >= 11 is 4.11. The van der Waals surface area contributed by atoms with Crippen molar-refractivity contribution in [3.63, 3.8) is 0 Å². The third-order valence-electron chi connectivity index (χ3n) is 6.09. The average Bonchev–Trinajstić information content (AvgIpc) is 2.98. The first-order valence-corrected chi connectivity index (χ1v) is 11.6. The molecule has 1 aromatic heterocycles. The van der Waals surface area contributed by atoms with Gasteiger partial charge in [-0.3, -0.25) is 9.59 Å². The molecule has 1 saturated heterocycles. The lowest BCUT2D eigenvalue weighted by Crippen LogP contribution is -2.43. The van der Waals surface area contributed by atoms with E-state index in [4.69, 9.17) is 0 Å². The number of rotatable bonds is 5. The van der Waals surface area contributed by atoms with Crippen molar-refractivity contribution in [3.05, 3.63) is 83.0 Å². The van der Waals surface area contributed by atoms with Gasteiger partial charge in [-0.2, -0.15) is 13.2 Å². The molecule has 2 heterocycles. The molecule has 2 aromatic carbocycles. The zero-order valence-corrected chi connectivity index (χ0v) is 21.0. The third-order valence-corrected chi connectivity index (χ3v) is 6.45. The summed E-state index contributed by atoms with van der Waals surface area (Å²) in [5, 5.41) is 2.71. The predicted octanol–water partition coefficient (Wildman–Crippen LogP) is 5.70. The minimum Gasteiger partial charge on any atom is -0.307 e. The van der Waals surface area contributed by atoms with Crippen molar-refractivity contribution >= 4 is 42.0 Å². The van der Waals surface area contributed by atoms with Crippen LogP contribution in [-0.2, 0) is 17.5 Å². The Morgan fingerprint density at radius 3 is 2.35 bits per heavy atom. The second-order valence-corrected chi connectivity index (χ2v) is 9.62. The predicted molar refractivity (Wildman–Crippen MR) is 135 cm³/mol. The Kier molecular flexibility index (Phi) is 6.76. The fourth-order valence-electron chi connectivity index (χ4n) is 3.92. The molecule has 4 amide bonds. The van der Waals surface area contributed by atoms with E-state index in [1.807, 2.05) is 19.1 Å². The van der Waals surface area contributed by atoms with Gasteiger partial charge < -0.3 is 10.2 Å². The summed E-state index contributed by atoms with van der Waals surface area (Å²) in [4.78, 5) is 45.2. The van der Waals surface area contributed by atoms with Crippen LogP contribution in [0.3, 0.4) is 0 Å². The fourth-order valence-corrected chi connectivity index (χ4v) is 4.23. The summed E-state index contributed by atoms with van der Waals surface area (Å²) in [5.74, 6) is -0.696. The van der Waals surface area contributed by atoms with E-state index in [-0.39, 0.29) is 28.9 Å². The first kappa shape index (κ1) is 26.2. The molecule has 0 bridgehead atoms. The largest absolute Gasteiger partial charge is 0.416 e. The van der Waals surface area contributed by atoms with Crippen LogP contribution in [0.5, 0.6) is 0 Å². The maximum absolute atomic E-state index is 13.3. The zero-order valence-electron chi connectivity index (χ0n) is 20.1. The molecule has 7 nitrogen and oxygen atoms in total. The Hall–Kier alpha value is -3.86. The van der Waals surface area contributed by atoms with Crippen molar-refractivity contribution in [3.8, 4) is 0 Å². The molecule has 0 atom stereocenters. The minimum atomic E-state index is -4.59. The Balaban J connectivity index is 1.56. The Morgan fingerprint density at radius 2 is 1.73 bits per heavy atom. The number of hydrogen-bond donors (Lipinski definition) is 2. The maximum atomic E-state index is 13.3. The van der Waals surface area contributed by atoms with Gasteiger partial charge in [0, 0.05) is 23.2 Å². The SMILES string of the molecule is Cc1ccc(C(=O)Nc2cc(CN3C(=O)N(c4ccc(C(F)(F)F)cc4S)C(=O)C3(C)C)ccn2)cc1. The lowest BCUT2D eigenvalue weighted by molar-refractivity contribution is -0.137. The molecule has 0 radical (unpaired) electrons. The van der Waals surface area contributed by atoms with Crippen LogP contribution in [0, 0.1) is 6.92 Å². The number of benzene rings is 2. The molecule has 11 heteroatoms. The smallest absolute Gasteiger partial charge is 0.307 e. The molecule has 0 spiro atoms. The van der Waals surface area contributed by atoms with Crippen LogP contribution in [0.25, 0.3) is 0 Å². The van der Waals surface area contributed by atoms with E-state index >= 15 is 0 Å². The average molecular weight is 529 g/mol. The number of carbonyl (C=O) groups is 3. The number of alkyl halides is 3. The van der Waals surface area contributed by atoms with Crippen LogP contribution in [0.2, 0.25) is 0 Å². The lowest BCUT2D eigenvalue weighted by atomic mass is 10.0. The number of urea groups is 1. The number of nitrogens with one attached hydrogen (secondary N) is 1. The molecular weight excluding hydrogens is 505 g/mol. The van der Waals surface area contributed by atoms with Gasteiger partial charge in [0.15, 0.2) is 0 Å². The van der Waals surface area contributed by atoms with E-state index in [0.717, 1.165) is 28.7 Å². The Morgan fingerprint density at radius 1 is 1.05 bits per heavy atom. The Bertz CT molecular complexity index is 1390. The number of imide groups is 1. The number of amides is 4. The van der Waals surface area contributed by atoms with Crippen molar-refractivity contribution in [1.29, 1.82) is 0 Å². The molecule has 0 unspecified atom stereocenters. The highest BCUT2D eigenvalue weighted by Gasteiger charge is 2.52. The van der Waals surface area contributed by atoms with Crippen LogP contribution in [-0.4, -0.2) is 33.3 Å². The van der Waals surface area contributed by atoms with E-state index in [0.29, 0.717) is 11.1 Å². The quantitative estimate of drug-likeness (QED) is 0.329. The normalized spacial score (nSPS) is 15.3. The number of pyridine rings is 1. The minimum absolute atomic E-state index is 0.00741. The van der Waals surface area contributed by atoms with Gasteiger partial charge in [0.2, 0.25) is 0 Å². The van der Waals surface area contributed by atoms with Gasteiger partial charge in [-0.1, -0.05) is 17.7 Å². The van der Waals surface area contributed by atoms with Gasteiger partial charge in [-0.25, -0.2) is 14.7 Å². The van der Waals surface area contributed by atoms with Gasteiger partial charge in [-0.05, 0) is 68.8 Å². The van der Waals surface area contributed by atoms with Gasteiger partial charge in [0.25, 0.3) is 11.8 Å². The second-order valence-electron chi connectivity index (χ2n) is 9.14. The van der Waals surface area contributed by atoms with Crippen molar-refractivity contribution in [2.45, 2.75) is 43.9 Å². The molecule has 1 fully saturated rings. The van der Waals surface area contributed by atoms with Crippen molar-refractivity contribution in [2.75, 3.05) is 10.2 Å². The molecule has 1 N–H and O–H groups in total. The number of nitrogens with zero attached hydrogens (tertiary/aromatic N) is 3. The molecule has 0 saturated carbocycles. The molecule has 1 aliphatic rings. The van der Waals surface area contributed by atoms with Gasteiger partial charge in [-0.15, -0.1) is 12.6 Å². The first-order valence-electron chi connectivity index (χ1n) is 11.2. The van der Waals surface area contributed by atoms with Crippen molar-refractivity contribution in [1.82, 2.24) is 9.88 Å². The summed E-state index contributed by atoms with van der Waals surface area (Å²) in [6, 6.07) is 12.2. The van der Waals surface area contributed by atoms with Crippen LogP contribution in [0.15, 0.2) is 65.7 Å². The van der Waals surface area contributed by atoms with Gasteiger partial charge >= 0.3 is 12.2 Å². The van der Waals surface area contributed by atoms with Crippen molar-refractivity contribution < 1.29 is 27.6 Å². The fraction of sp³-hybridized carbons (Fsp3) is 0.231. The number of carbonyl (C=O) groups excluding carboxylic acids is 3. The number of aryl methyl sites for hydroxylation is 1. The first-order chi connectivity index (χ1) is 17.3. The number of thiol groups is 1. The highest BCUT2D eigenvalue weighted by atomic mass is 32.1. The van der Waals surface area contributed by atoms with Crippen LogP contribution in [0.1, 0.15) is 40.9 Å². The van der Waals surface area contributed by atoms with Crippen molar-refractivity contribution in [2.24, 2.45) is 0 Å². The lowest BCUT2D eigenvalue weighted by Gasteiger charge is -2.27. The molecule has 3 aromatic rings. The zero-order chi connectivity index (χ0) is 27.1. The highest BCUT2D eigenvalue weighted by Crippen LogP contribution is 2.39. The Labute approximate surface area is 216 Å². The van der Waals surface area contributed by atoms with Crippen LogP contribution in [0.4, 0.5) is 29.5 Å². The molecule has 192 valence electrons. The topological polar surface area (TPSA) is 82.6 Å². The van der Waals surface area contributed by atoms with Gasteiger partial charge in [0.1, 0.15) is 11.4 Å². The summed E-state index contributed by atoms with van der Waals surface area (Å²) in [6.45, 7) is 5.01. The molecular formula is C26H23F3N4O3S. The van der Waals surface area contributed by atoms with E-state index in [9.17, 15) is 27.6 Å². The third kappa shape index (κ3) is 5.17. The van der Waals surface area contributed by atoms with E-state index in [1.165, 1.54) is 11.1 Å². The molecule has 4 rings (SSSR count). The number of anilines is 2. The van der Waals surface area contributed by atoms with E-state index in [1.54, 1.807) is 38.1 Å². The maximum Gasteiger partial charge on any atom is 0.416 e. The molecule has 1 aliphatic heterocycles. The van der Waals surface area contributed by atoms with E-state index < -0.39 is 29.2 Å². The van der Waals surface area contributed by atoms with Crippen LogP contribution < -0.4 is 10.2 Å². The summed E-state index contributed by atoms with van der Waals surface area (Å²) in [5.41, 5.74) is -0.220. The molecule has 37 heavy (non-hydrogen) atoms. The summed E-state index contributed by atoms with van der Waals surface area (Å²) in [7, 11) is 0. The summed E-state index contributed by atoms with van der Waals surface area (Å²) < 4.78 is 39.2. The standard InChI is InChI=1S/C26H23F3N4O3S/c1-15-4-6-17(7-5-15)22(34)31-21-12-16(10-11-30-21)14-32-24(36)33(23(35)25(32,2)3)19-9-8-18(13-20(19)37)26(27,28)29/h4-13,37H,14H2,1-3H3,(H,30,31,34).